The summed E-state index contributed by atoms with van der Waals surface area (Å²) < 4.78 is 0. The van der Waals surface area contributed by atoms with E-state index in [-0.39, 0.29) is 23.8 Å². The van der Waals surface area contributed by atoms with Gasteiger partial charge in [-0.2, -0.15) is 0 Å². The number of piperidine rings is 1. The first-order chi connectivity index (χ1) is 15.2. The molecule has 4 rings (SSSR count). The molecular weight excluding hydrogens is 384 g/mol. The van der Waals surface area contributed by atoms with Crippen LogP contribution in [0.15, 0.2) is 84.9 Å². The number of hydrogen-bond acceptors (Lipinski definition) is 2. The molecule has 4 heteroatoms. The first kappa shape index (κ1) is 20.9. The lowest BCUT2D eigenvalue weighted by Gasteiger charge is -2.41. The number of rotatable bonds is 5. The van der Waals surface area contributed by atoms with Crippen molar-refractivity contribution in [3.63, 3.8) is 0 Å². The summed E-state index contributed by atoms with van der Waals surface area (Å²) in [6.45, 7) is 2.76. The quantitative estimate of drug-likeness (QED) is 0.603. The first-order valence-corrected chi connectivity index (χ1v) is 11.0. The molecule has 31 heavy (non-hydrogen) atoms. The number of hydrogen-bond donors (Lipinski definition) is 1. The Hall–Kier alpha value is -3.40. The Kier molecular flexibility index (Phi) is 6.46. The van der Waals surface area contributed by atoms with E-state index in [0.717, 1.165) is 30.5 Å². The molecule has 1 N–H and O–H groups in total. The molecule has 1 heterocycles. The van der Waals surface area contributed by atoms with E-state index < -0.39 is 0 Å². The van der Waals surface area contributed by atoms with Gasteiger partial charge in [0.1, 0.15) is 0 Å². The third kappa shape index (κ3) is 4.69. The molecule has 0 spiro atoms. The summed E-state index contributed by atoms with van der Waals surface area (Å²) in [6, 6.07) is 26.9. The van der Waals surface area contributed by atoms with Crippen LogP contribution in [0.25, 0.3) is 0 Å². The fourth-order valence-corrected chi connectivity index (χ4v) is 4.36. The largest absolute Gasteiger partial charge is 0.331 e. The SMILES string of the molecule is CCc1ccc([C@H]2[C@@H](C(=O)Nc3ccccc3)CCCN2C(=O)c2ccccc2)cc1. The summed E-state index contributed by atoms with van der Waals surface area (Å²) >= 11 is 0. The molecule has 0 unspecified atom stereocenters. The Balaban J connectivity index is 1.68. The van der Waals surface area contributed by atoms with E-state index in [1.165, 1.54) is 5.56 Å². The minimum atomic E-state index is -0.311. The maximum atomic E-state index is 13.4. The van der Waals surface area contributed by atoms with E-state index in [0.29, 0.717) is 12.1 Å². The molecule has 2 amide bonds. The fraction of sp³-hybridized carbons (Fsp3) is 0.259. The van der Waals surface area contributed by atoms with Gasteiger partial charge in [-0.3, -0.25) is 9.59 Å². The normalized spacial score (nSPS) is 18.4. The highest BCUT2D eigenvalue weighted by Gasteiger charge is 2.39. The number of para-hydroxylation sites is 1. The molecule has 2 atom stereocenters. The Labute approximate surface area is 183 Å². The van der Waals surface area contributed by atoms with Crippen LogP contribution in [0.4, 0.5) is 5.69 Å². The number of likely N-dealkylation sites (tertiary alicyclic amines) is 1. The van der Waals surface area contributed by atoms with Crippen molar-refractivity contribution in [2.45, 2.75) is 32.2 Å². The molecule has 3 aromatic carbocycles. The summed E-state index contributed by atoms with van der Waals surface area (Å²) in [6.07, 6.45) is 2.50. The average molecular weight is 413 g/mol. The van der Waals surface area contributed by atoms with E-state index in [9.17, 15) is 9.59 Å². The first-order valence-electron chi connectivity index (χ1n) is 11.0. The van der Waals surface area contributed by atoms with Crippen LogP contribution >= 0.6 is 0 Å². The Morgan fingerprint density at radius 2 is 1.55 bits per heavy atom. The zero-order valence-corrected chi connectivity index (χ0v) is 17.8. The topological polar surface area (TPSA) is 49.4 Å². The molecule has 158 valence electrons. The highest BCUT2D eigenvalue weighted by atomic mass is 16.2. The molecule has 0 aliphatic carbocycles. The number of nitrogens with one attached hydrogen (secondary N) is 1. The molecule has 1 aliphatic rings. The molecule has 1 saturated heterocycles. The van der Waals surface area contributed by atoms with Gasteiger partial charge in [0.05, 0.1) is 12.0 Å². The van der Waals surface area contributed by atoms with Crippen molar-refractivity contribution >= 4 is 17.5 Å². The summed E-state index contributed by atoms with van der Waals surface area (Å²) in [5.74, 6) is -0.377. The van der Waals surface area contributed by atoms with Crippen molar-refractivity contribution in [2.24, 2.45) is 5.92 Å². The van der Waals surface area contributed by atoms with Gasteiger partial charge in [-0.05, 0) is 54.7 Å². The Morgan fingerprint density at radius 1 is 0.903 bits per heavy atom. The predicted octanol–water partition coefficient (Wildman–Crippen LogP) is 5.48. The van der Waals surface area contributed by atoms with Gasteiger partial charge in [-0.15, -0.1) is 0 Å². The molecule has 1 fully saturated rings. The molecule has 3 aromatic rings. The van der Waals surface area contributed by atoms with Gasteiger partial charge in [0, 0.05) is 17.8 Å². The van der Waals surface area contributed by atoms with Crippen molar-refractivity contribution in [1.82, 2.24) is 4.90 Å². The lowest BCUT2D eigenvalue weighted by atomic mass is 9.83. The number of benzene rings is 3. The summed E-state index contributed by atoms with van der Waals surface area (Å²) in [4.78, 5) is 28.6. The summed E-state index contributed by atoms with van der Waals surface area (Å²) in [7, 11) is 0. The van der Waals surface area contributed by atoms with Crippen molar-refractivity contribution in [3.05, 3.63) is 102 Å². The minimum Gasteiger partial charge on any atom is -0.331 e. The van der Waals surface area contributed by atoms with E-state index in [2.05, 4.69) is 36.5 Å². The maximum Gasteiger partial charge on any atom is 0.254 e. The number of amides is 2. The lowest BCUT2D eigenvalue weighted by molar-refractivity contribution is -0.123. The molecular formula is C27H28N2O2. The van der Waals surface area contributed by atoms with Crippen LogP contribution in [0, 0.1) is 5.92 Å². The molecule has 0 bridgehead atoms. The predicted molar refractivity (Wildman–Crippen MR) is 124 cm³/mol. The van der Waals surface area contributed by atoms with Gasteiger partial charge in [0.2, 0.25) is 5.91 Å². The van der Waals surface area contributed by atoms with Crippen LogP contribution in [-0.4, -0.2) is 23.3 Å². The number of anilines is 1. The van der Waals surface area contributed by atoms with Gasteiger partial charge >= 0.3 is 0 Å². The van der Waals surface area contributed by atoms with Gasteiger partial charge in [-0.1, -0.05) is 67.6 Å². The van der Waals surface area contributed by atoms with Crippen LogP contribution in [0.1, 0.15) is 47.3 Å². The Morgan fingerprint density at radius 3 is 2.19 bits per heavy atom. The molecule has 0 radical (unpaired) electrons. The standard InChI is InChI=1S/C27H28N2O2/c1-2-20-15-17-21(18-16-20)25-24(26(30)28-23-12-7-4-8-13-23)14-9-19-29(25)27(31)22-10-5-3-6-11-22/h3-8,10-13,15-18,24-25H,2,9,14,19H2,1H3,(H,28,30)/t24-,25-/m0/s1. The van der Waals surface area contributed by atoms with E-state index in [4.69, 9.17) is 0 Å². The second-order valence-electron chi connectivity index (χ2n) is 8.01. The molecule has 0 aromatic heterocycles. The van der Waals surface area contributed by atoms with Crippen LogP contribution in [0.5, 0.6) is 0 Å². The van der Waals surface area contributed by atoms with Crippen LogP contribution in [0.3, 0.4) is 0 Å². The molecule has 0 saturated carbocycles. The lowest BCUT2D eigenvalue weighted by Crippen LogP contribution is -2.46. The zero-order chi connectivity index (χ0) is 21.6. The minimum absolute atomic E-state index is 0.0256. The van der Waals surface area contributed by atoms with Gasteiger partial charge < -0.3 is 10.2 Å². The van der Waals surface area contributed by atoms with Crippen LogP contribution in [0.2, 0.25) is 0 Å². The van der Waals surface area contributed by atoms with E-state index in [1.807, 2.05) is 65.6 Å². The Bertz CT molecular complexity index is 1020. The van der Waals surface area contributed by atoms with Crippen LogP contribution < -0.4 is 5.32 Å². The van der Waals surface area contributed by atoms with Crippen molar-refractivity contribution in [2.75, 3.05) is 11.9 Å². The van der Waals surface area contributed by atoms with Gasteiger partial charge in [0.25, 0.3) is 5.91 Å². The highest BCUT2D eigenvalue weighted by molar-refractivity contribution is 5.97. The van der Waals surface area contributed by atoms with E-state index in [1.54, 1.807) is 0 Å². The third-order valence-corrected chi connectivity index (χ3v) is 6.02. The third-order valence-electron chi connectivity index (χ3n) is 6.02. The summed E-state index contributed by atoms with van der Waals surface area (Å²) in [5, 5.41) is 3.06. The average Bonchev–Trinajstić information content (AvgIpc) is 2.84. The van der Waals surface area contributed by atoms with Crippen molar-refractivity contribution < 1.29 is 9.59 Å². The number of nitrogens with zero attached hydrogens (tertiary/aromatic N) is 1. The molecule has 4 nitrogen and oxygen atoms in total. The smallest absolute Gasteiger partial charge is 0.254 e. The van der Waals surface area contributed by atoms with Crippen LogP contribution in [-0.2, 0) is 11.2 Å². The summed E-state index contributed by atoms with van der Waals surface area (Å²) in [5.41, 5.74) is 3.68. The molecule has 1 aliphatic heterocycles. The second-order valence-corrected chi connectivity index (χ2v) is 8.01. The number of carbonyl (C=O) groups is 2. The fourth-order valence-electron chi connectivity index (χ4n) is 4.36. The van der Waals surface area contributed by atoms with Gasteiger partial charge in [0.15, 0.2) is 0 Å². The van der Waals surface area contributed by atoms with Crippen molar-refractivity contribution in [3.8, 4) is 0 Å². The van der Waals surface area contributed by atoms with Gasteiger partial charge in [-0.25, -0.2) is 0 Å². The monoisotopic (exact) mass is 412 g/mol. The van der Waals surface area contributed by atoms with Crippen molar-refractivity contribution in [1.29, 1.82) is 0 Å². The number of aryl methyl sites for hydroxylation is 1. The second kappa shape index (κ2) is 9.61. The highest BCUT2D eigenvalue weighted by Crippen LogP contribution is 2.38. The zero-order valence-electron chi connectivity index (χ0n) is 17.8. The van der Waals surface area contributed by atoms with E-state index >= 15 is 0 Å². The number of carbonyl (C=O) groups excluding carboxylic acids is 2. The maximum absolute atomic E-state index is 13.4.